The maximum Gasteiger partial charge on any atom is 0.0253 e. The van der Waals surface area contributed by atoms with Crippen LogP contribution in [0, 0.1) is 10.8 Å². The van der Waals surface area contributed by atoms with Gasteiger partial charge in [-0.15, -0.1) is 0 Å². The predicted octanol–water partition coefficient (Wildman–Crippen LogP) is 7.17. The molecule has 0 bridgehead atoms. The Labute approximate surface area is 138 Å². The Morgan fingerprint density at radius 2 is 1.43 bits per heavy atom. The van der Waals surface area contributed by atoms with Crippen molar-refractivity contribution in [2.24, 2.45) is 10.8 Å². The van der Waals surface area contributed by atoms with E-state index in [9.17, 15) is 0 Å². The standard InChI is InChI=1S/C20H27Br/c1-19(2,3)13-17(20(4,5)6)15-11-12-18(21)16-10-8-7-9-14(15)16/h7-12,17H,13H2,1-6H3. The highest BCUT2D eigenvalue weighted by atomic mass is 79.9. The number of hydrogen-bond acceptors (Lipinski definition) is 0. The van der Waals surface area contributed by atoms with Crippen molar-refractivity contribution < 1.29 is 0 Å². The van der Waals surface area contributed by atoms with Crippen LogP contribution in [0.4, 0.5) is 0 Å². The maximum absolute atomic E-state index is 3.69. The second-order valence-electron chi connectivity index (χ2n) is 8.37. The Hall–Kier alpha value is -0.820. The van der Waals surface area contributed by atoms with E-state index in [4.69, 9.17) is 0 Å². The van der Waals surface area contributed by atoms with Crippen LogP contribution in [0.2, 0.25) is 0 Å². The molecule has 0 fully saturated rings. The van der Waals surface area contributed by atoms with Gasteiger partial charge in [-0.3, -0.25) is 0 Å². The highest BCUT2D eigenvalue weighted by Gasteiger charge is 2.31. The Kier molecular flexibility index (Phi) is 4.54. The van der Waals surface area contributed by atoms with E-state index in [0.29, 0.717) is 11.3 Å². The summed E-state index contributed by atoms with van der Waals surface area (Å²) in [6.07, 6.45) is 1.20. The fourth-order valence-corrected chi connectivity index (χ4v) is 3.56. The molecule has 0 saturated heterocycles. The van der Waals surface area contributed by atoms with Crippen LogP contribution in [0.1, 0.15) is 59.4 Å². The Morgan fingerprint density at radius 3 is 1.95 bits per heavy atom. The molecule has 0 aliphatic heterocycles. The van der Waals surface area contributed by atoms with E-state index in [-0.39, 0.29) is 5.41 Å². The molecule has 1 heteroatoms. The van der Waals surface area contributed by atoms with Gasteiger partial charge in [0.2, 0.25) is 0 Å². The van der Waals surface area contributed by atoms with E-state index < -0.39 is 0 Å². The summed E-state index contributed by atoms with van der Waals surface area (Å²) in [7, 11) is 0. The van der Waals surface area contributed by atoms with E-state index >= 15 is 0 Å². The molecule has 1 atom stereocenters. The molecule has 2 aromatic carbocycles. The molecular weight excluding hydrogens is 320 g/mol. The maximum atomic E-state index is 3.69. The van der Waals surface area contributed by atoms with Gasteiger partial charge < -0.3 is 0 Å². The van der Waals surface area contributed by atoms with Gasteiger partial charge in [0.15, 0.2) is 0 Å². The fourth-order valence-electron chi connectivity index (χ4n) is 3.08. The van der Waals surface area contributed by atoms with E-state index in [1.54, 1.807) is 0 Å². The summed E-state index contributed by atoms with van der Waals surface area (Å²) < 4.78 is 1.19. The largest absolute Gasteiger partial charge is 0.0616 e. The van der Waals surface area contributed by atoms with Crippen molar-refractivity contribution in [3.05, 3.63) is 46.4 Å². The van der Waals surface area contributed by atoms with Crippen LogP contribution < -0.4 is 0 Å². The van der Waals surface area contributed by atoms with Crippen LogP contribution in [0.5, 0.6) is 0 Å². The molecule has 21 heavy (non-hydrogen) atoms. The number of halogens is 1. The highest BCUT2D eigenvalue weighted by Crippen LogP contribution is 2.45. The first-order valence-electron chi connectivity index (χ1n) is 7.77. The molecule has 0 heterocycles. The lowest BCUT2D eigenvalue weighted by molar-refractivity contribution is 0.230. The van der Waals surface area contributed by atoms with E-state index in [1.165, 1.54) is 27.2 Å². The van der Waals surface area contributed by atoms with E-state index in [2.05, 4.69) is 93.9 Å². The second-order valence-corrected chi connectivity index (χ2v) is 9.22. The summed E-state index contributed by atoms with van der Waals surface area (Å²) in [5.41, 5.74) is 2.06. The van der Waals surface area contributed by atoms with Gasteiger partial charge in [-0.2, -0.15) is 0 Å². The van der Waals surface area contributed by atoms with Gasteiger partial charge in [0.25, 0.3) is 0 Å². The Bertz CT molecular complexity index is 626. The molecule has 2 rings (SSSR count). The van der Waals surface area contributed by atoms with Crippen molar-refractivity contribution in [3.8, 4) is 0 Å². The summed E-state index contributed by atoms with van der Waals surface area (Å²) in [4.78, 5) is 0. The average molecular weight is 347 g/mol. The molecule has 0 amide bonds. The highest BCUT2D eigenvalue weighted by molar-refractivity contribution is 9.10. The molecule has 1 unspecified atom stereocenters. The van der Waals surface area contributed by atoms with E-state index in [1.807, 2.05) is 0 Å². The number of benzene rings is 2. The first kappa shape index (κ1) is 16.5. The van der Waals surface area contributed by atoms with Gasteiger partial charge in [-0.05, 0) is 45.6 Å². The molecule has 0 N–H and O–H groups in total. The average Bonchev–Trinajstić information content (AvgIpc) is 2.35. The molecule has 0 nitrogen and oxygen atoms in total. The smallest absolute Gasteiger partial charge is 0.0253 e. The Morgan fingerprint density at radius 1 is 0.857 bits per heavy atom. The molecule has 0 radical (unpaired) electrons. The van der Waals surface area contributed by atoms with Gasteiger partial charge in [0.05, 0.1) is 0 Å². The zero-order valence-corrected chi connectivity index (χ0v) is 15.7. The number of rotatable bonds is 2. The van der Waals surface area contributed by atoms with Gasteiger partial charge in [-0.1, -0.05) is 87.8 Å². The van der Waals surface area contributed by atoms with Gasteiger partial charge >= 0.3 is 0 Å². The topological polar surface area (TPSA) is 0 Å². The monoisotopic (exact) mass is 346 g/mol. The van der Waals surface area contributed by atoms with Crippen LogP contribution in [0.25, 0.3) is 10.8 Å². The lowest BCUT2D eigenvalue weighted by Gasteiger charge is -2.37. The zero-order chi connectivity index (χ0) is 15.8. The SMILES string of the molecule is CC(C)(C)CC(c1ccc(Br)c2ccccc12)C(C)(C)C. The summed E-state index contributed by atoms with van der Waals surface area (Å²) in [6.45, 7) is 14.1. The summed E-state index contributed by atoms with van der Waals surface area (Å²) in [6, 6.07) is 13.3. The molecule has 2 aromatic rings. The van der Waals surface area contributed by atoms with Gasteiger partial charge in [0.1, 0.15) is 0 Å². The van der Waals surface area contributed by atoms with Crippen molar-refractivity contribution in [1.82, 2.24) is 0 Å². The molecule has 0 aliphatic carbocycles. The first-order valence-corrected chi connectivity index (χ1v) is 8.56. The van der Waals surface area contributed by atoms with Crippen LogP contribution in [-0.4, -0.2) is 0 Å². The summed E-state index contributed by atoms with van der Waals surface area (Å²) in [5, 5.41) is 2.70. The lowest BCUT2D eigenvalue weighted by atomic mass is 9.68. The van der Waals surface area contributed by atoms with Gasteiger partial charge in [-0.25, -0.2) is 0 Å². The minimum absolute atomic E-state index is 0.254. The molecule has 0 saturated carbocycles. The molecule has 0 aromatic heterocycles. The Balaban J connectivity index is 2.63. The first-order chi connectivity index (χ1) is 9.59. The van der Waals surface area contributed by atoms with Crippen LogP contribution in [-0.2, 0) is 0 Å². The number of fused-ring (bicyclic) bond motifs is 1. The molecular formula is C20H27Br. The normalized spacial score (nSPS) is 14.4. The van der Waals surface area contributed by atoms with Crippen molar-refractivity contribution in [2.45, 2.75) is 53.9 Å². The van der Waals surface area contributed by atoms with E-state index in [0.717, 1.165) is 0 Å². The van der Waals surface area contributed by atoms with Crippen molar-refractivity contribution in [2.75, 3.05) is 0 Å². The minimum atomic E-state index is 0.254. The third-order valence-corrected chi connectivity index (χ3v) is 4.83. The third kappa shape index (κ3) is 3.88. The van der Waals surface area contributed by atoms with Crippen molar-refractivity contribution in [3.63, 3.8) is 0 Å². The van der Waals surface area contributed by atoms with Crippen LogP contribution in [0.3, 0.4) is 0 Å². The van der Waals surface area contributed by atoms with Crippen molar-refractivity contribution >= 4 is 26.7 Å². The lowest BCUT2D eigenvalue weighted by Crippen LogP contribution is -2.24. The molecule has 0 aliphatic rings. The fraction of sp³-hybridized carbons (Fsp3) is 0.500. The minimum Gasteiger partial charge on any atom is -0.0616 e. The zero-order valence-electron chi connectivity index (χ0n) is 14.1. The molecule has 114 valence electrons. The van der Waals surface area contributed by atoms with Crippen molar-refractivity contribution in [1.29, 1.82) is 0 Å². The molecule has 0 spiro atoms. The summed E-state index contributed by atoms with van der Waals surface area (Å²) in [5.74, 6) is 0.551. The predicted molar refractivity (Wildman–Crippen MR) is 97.9 cm³/mol. The van der Waals surface area contributed by atoms with Gasteiger partial charge in [0, 0.05) is 4.47 Å². The summed E-state index contributed by atoms with van der Waals surface area (Å²) >= 11 is 3.69. The third-order valence-electron chi connectivity index (χ3n) is 4.14. The number of hydrogen-bond donors (Lipinski definition) is 0. The quantitative estimate of drug-likeness (QED) is 0.540. The second kappa shape index (κ2) is 5.76. The van der Waals surface area contributed by atoms with Crippen LogP contribution in [0.15, 0.2) is 40.9 Å². The van der Waals surface area contributed by atoms with Crippen LogP contribution >= 0.6 is 15.9 Å².